The van der Waals surface area contributed by atoms with Gasteiger partial charge in [-0.25, -0.2) is 4.39 Å². The molecular weight excluding hydrogens is 347 g/mol. The molecule has 0 atom stereocenters. The molecule has 0 bridgehead atoms. The monoisotopic (exact) mass is 362 g/mol. The Morgan fingerprint density at radius 1 is 0.692 bits per heavy atom. The minimum absolute atomic E-state index is 0.244. The molecular formula is C23H16ClFO. The Bertz CT molecular complexity index is 1030. The van der Waals surface area contributed by atoms with Crippen LogP contribution in [0.2, 0.25) is 5.02 Å². The molecule has 0 saturated carbocycles. The lowest BCUT2D eigenvalue weighted by Crippen LogP contribution is -1.84. The highest BCUT2D eigenvalue weighted by Crippen LogP contribution is 2.42. The van der Waals surface area contributed by atoms with Gasteiger partial charge in [0.1, 0.15) is 5.76 Å². The van der Waals surface area contributed by atoms with Gasteiger partial charge in [-0.3, -0.25) is 0 Å². The molecule has 4 aromatic rings. The van der Waals surface area contributed by atoms with Crippen LogP contribution in [0.3, 0.4) is 0 Å². The van der Waals surface area contributed by atoms with Gasteiger partial charge in [-0.2, -0.15) is 0 Å². The lowest BCUT2D eigenvalue weighted by Gasteiger charge is -2.03. The smallest absolute Gasteiger partial charge is 0.177 e. The van der Waals surface area contributed by atoms with E-state index >= 15 is 4.39 Å². The number of hydrogen-bond acceptors (Lipinski definition) is 1. The van der Waals surface area contributed by atoms with E-state index in [1.807, 2.05) is 73.7 Å². The molecule has 3 aromatic carbocycles. The number of furan rings is 1. The van der Waals surface area contributed by atoms with Gasteiger partial charge in [0.15, 0.2) is 11.6 Å². The maximum Gasteiger partial charge on any atom is 0.177 e. The van der Waals surface area contributed by atoms with Crippen molar-refractivity contribution in [1.29, 1.82) is 0 Å². The van der Waals surface area contributed by atoms with Crippen molar-refractivity contribution >= 4 is 11.6 Å². The van der Waals surface area contributed by atoms with Crippen molar-refractivity contribution in [1.82, 2.24) is 0 Å². The maximum atomic E-state index is 15.4. The van der Waals surface area contributed by atoms with Crippen LogP contribution < -0.4 is 0 Å². The van der Waals surface area contributed by atoms with Crippen LogP contribution in [0.15, 0.2) is 83.3 Å². The van der Waals surface area contributed by atoms with Gasteiger partial charge in [-0.15, -0.1) is 0 Å². The molecule has 0 amide bonds. The molecule has 0 radical (unpaired) electrons. The fourth-order valence-corrected chi connectivity index (χ4v) is 3.09. The summed E-state index contributed by atoms with van der Waals surface area (Å²) in [6, 6.07) is 24.3. The van der Waals surface area contributed by atoms with Gasteiger partial charge in [-0.05, 0) is 24.6 Å². The van der Waals surface area contributed by atoms with Crippen molar-refractivity contribution in [3.63, 3.8) is 0 Å². The molecule has 0 aliphatic rings. The summed E-state index contributed by atoms with van der Waals surface area (Å²) in [5, 5.41) is 0.609. The maximum absolute atomic E-state index is 15.4. The van der Waals surface area contributed by atoms with Crippen molar-refractivity contribution in [2.24, 2.45) is 0 Å². The van der Waals surface area contributed by atoms with Gasteiger partial charge in [0, 0.05) is 16.1 Å². The van der Waals surface area contributed by atoms with E-state index in [0.717, 1.165) is 16.7 Å². The van der Waals surface area contributed by atoms with E-state index in [9.17, 15) is 0 Å². The lowest BCUT2D eigenvalue weighted by molar-refractivity contribution is 0.558. The van der Waals surface area contributed by atoms with Crippen molar-refractivity contribution < 1.29 is 8.81 Å². The Kier molecular flexibility index (Phi) is 4.36. The summed E-state index contributed by atoms with van der Waals surface area (Å²) < 4.78 is 21.5. The van der Waals surface area contributed by atoms with Crippen LogP contribution in [0.1, 0.15) is 5.56 Å². The summed E-state index contributed by atoms with van der Waals surface area (Å²) in [6.07, 6.45) is 0. The molecule has 1 nitrogen and oxygen atoms in total. The van der Waals surface area contributed by atoms with E-state index in [-0.39, 0.29) is 11.6 Å². The zero-order chi connectivity index (χ0) is 18.1. The standard InChI is InChI=1S/C23H16ClFO/c1-15-7-9-18(10-8-15)23-21(25)20(16-11-13-19(24)14-12-16)22(26-23)17-5-3-2-4-6-17/h2-14H,1H3. The summed E-state index contributed by atoms with van der Waals surface area (Å²) in [4.78, 5) is 0. The van der Waals surface area contributed by atoms with Crippen molar-refractivity contribution in [2.75, 3.05) is 0 Å². The predicted octanol–water partition coefficient (Wildman–Crippen LogP) is 7.38. The normalized spacial score (nSPS) is 10.9. The minimum atomic E-state index is -0.366. The fraction of sp³-hybridized carbons (Fsp3) is 0.0435. The lowest BCUT2D eigenvalue weighted by atomic mass is 10.0. The molecule has 0 saturated heterocycles. The highest BCUT2D eigenvalue weighted by molar-refractivity contribution is 6.30. The van der Waals surface area contributed by atoms with Crippen LogP contribution in [0.5, 0.6) is 0 Å². The second-order valence-corrected chi connectivity index (χ2v) is 6.62. The molecule has 0 aliphatic heterocycles. The molecule has 1 aromatic heterocycles. The molecule has 0 spiro atoms. The van der Waals surface area contributed by atoms with E-state index in [1.165, 1.54) is 0 Å². The number of hydrogen-bond donors (Lipinski definition) is 0. The molecule has 0 fully saturated rings. The first-order valence-electron chi connectivity index (χ1n) is 8.34. The summed E-state index contributed by atoms with van der Waals surface area (Å²) in [7, 11) is 0. The zero-order valence-electron chi connectivity index (χ0n) is 14.2. The van der Waals surface area contributed by atoms with Crippen LogP contribution in [0, 0.1) is 12.7 Å². The SMILES string of the molecule is Cc1ccc(-c2oc(-c3ccccc3)c(-c3ccc(Cl)cc3)c2F)cc1. The summed E-state index contributed by atoms with van der Waals surface area (Å²) in [6.45, 7) is 2.00. The second-order valence-electron chi connectivity index (χ2n) is 6.19. The topological polar surface area (TPSA) is 13.1 Å². The van der Waals surface area contributed by atoms with E-state index in [1.54, 1.807) is 12.1 Å². The Hall–Kier alpha value is -2.84. The van der Waals surface area contributed by atoms with Gasteiger partial charge in [0.25, 0.3) is 0 Å². The first-order valence-corrected chi connectivity index (χ1v) is 8.72. The molecule has 26 heavy (non-hydrogen) atoms. The number of rotatable bonds is 3. The third-order valence-corrected chi connectivity index (χ3v) is 4.58. The molecule has 128 valence electrons. The first kappa shape index (κ1) is 16.6. The average Bonchev–Trinajstić information content (AvgIpc) is 3.01. The van der Waals surface area contributed by atoms with Crippen LogP contribution in [0.25, 0.3) is 33.8 Å². The summed E-state index contributed by atoms with van der Waals surface area (Å²) in [5.41, 5.74) is 3.83. The third-order valence-electron chi connectivity index (χ3n) is 4.33. The van der Waals surface area contributed by atoms with Crippen molar-refractivity contribution in [3.8, 4) is 33.8 Å². The Balaban J connectivity index is 1.96. The first-order chi connectivity index (χ1) is 12.6. The highest BCUT2D eigenvalue weighted by atomic mass is 35.5. The molecule has 1 heterocycles. The highest BCUT2D eigenvalue weighted by Gasteiger charge is 2.24. The van der Waals surface area contributed by atoms with Gasteiger partial charge in [0.05, 0.1) is 5.56 Å². The minimum Gasteiger partial charge on any atom is -0.452 e. The van der Waals surface area contributed by atoms with Crippen molar-refractivity contribution in [2.45, 2.75) is 6.92 Å². The van der Waals surface area contributed by atoms with Gasteiger partial charge >= 0.3 is 0 Å². The molecule has 0 N–H and O–H groups in total. The van der Waals surface area contributed by atoms with Crippen LogP contribution in [-0.2, 0) is 0 Å². The predicted molar refractivity (Wildman–Crippen MR) is 105 cm³/mol. The van der Waals surface area contributed by atoms with Crippen molar-refractivity contribution in [3.05, 3.63) is 95.3 Å². The van der Waals surface area contributed by atoms with Gasteiger partial charge in [0.2, 0.25) is 0 Å². The third kappa shape index (κ3) is 3.04. The summed E-state index contributed by atoms with van der Waals surface area (Å²) >= 11 is 5.99. The quantitative estimate of drug-likeness (QED) is 0.370. The number of halogens is 2. The Labute approximate surface area is 156 Å². The van der Waals surface area contributed by atoms with E-state index < -0.39 is 0 Å². The van der Waals surface area contributed by atoms with E-state index in [0.29, 0.717) is 21.9 Å². The largest absolute Gasteiger partial charge is 0.452 e. The van der Waals surface area contributed by atoms with Crippen LogP contribution in [-0.4, -0.2) is 0 Å². The van der Waals surface area contributed by atoms with Crippen LogP contribution >= 0.6 is 11.6 Å². The van der Waals surface area contributed by atoms with Gasteiger partial charge < -0.3 is 4.42 Å². The number of aryl methyl sites for hydroxylation is 1. The Morgan fingerprint density at radius 2 is 1.27 bits per heavy atom. The van der Waals surface area contributed by atoms with Gasteiger partial charge in [-0.1, -0.05) is 83.9 Å². The molecule has 0 unspecified atom stereocenters. The second kappa shape index (κ2) is 6.81. The summed E-state index contributed by atoms with van der Waals surface area (Å²) in [5.74, 6) is 0.393. The molecule has 3 heteroatoms. The fourth-order valence-electron chi connectivity index (χ4n) is 2.97. The van der Waals surface area contributed by atoms with E-state index in [4.69, 9.17) is 16.0 Å². The van der Waals surface area contributed by atoms with E-state index in [2.05, 4.69) is 0 Å². The number of benzene rings is 3. The van der Waals surface area contributed by atoms with Crippen LogP contribution in [0.4, 0.5) is 4.39 Å². The average molecular weight is 363 g/mol. The molecule has 0 aliphatic carbocycles. The Morgan fingerprint density at radius 3 is 1.92 bits per heavy atom. The zero-order valence-corrected chi connectivity index (χ0v) is 14.9. The molecule has 4 rings (SSSR count).